The summed E-state index contributed by atoms with van der Waals surface area (Å²) in [5.41, 5.74) is 0. The lowest BCUT2D eigenvalue weighted by molar-refractivity contribution is 0.0938. The number of likely N-dealkylation sites (tertiary alicyclic amines) is 1. The standard InChI is InChI=1S/C13H22N4O2/c1-19-8-2-6-17-7-3-11(10-17)9-16-13(18)12-14-4-5-15-12/h4-5,11H,2-3,6-10H2,1H3,(H,14,15)(H,16,18). The Bertz CT molecular complexity index is 380. The monoisotopic (exact) mass is 266 g/mol. The number of aromatic amines is 1. The highest BCUT2D eigenvalue weighted by molar-refractivity contribution is 5.90. The van der Waals surface area contributed by atoms with Gasteiger partial charge in [0.15, 0.2) is 5.82 Å². The summed E-state index contributed by atoms with van der Waals surface area (Å²) in [7, 11) is 1.73. The smallest absolute Gasteiger partial charge is 0.287 e. The molecule has 0 aromatic carbocycles. The molecule has 0 radical (unpaired) electrons. The second-order valence-corrected chi connectivity index (χ2v) is 4.95. The van der Waals surface area contributed by atoms with Crippen molar-refractivity contribution >= 4 is 5.91 Å². The predicted molar refractivity (Wildman–Crippen MR) is 72.0 cm³/mol. The van der Waals surface area contributed by atoms with E-state index in [0.29, 0.717) is 11.7 Å². The van der Waals surface area contributed by atoms with Crippen LogP contribution in [0.4, 0.5) is 0 Å². The molecule has 19 heavy (non-hydrogen) atoms. The van der Waals surface area contributed by atoms with Crippen LogP contribution in [0.15, 0.2) is 12.4 Å². The van der Waals surface area contributed by atoms with Crippen LogP contribution in [0, 0.1) is 5.92 Å². The number of rotatable bonds is 7. The third-order valence-corrected chi connectivity index (χ3v) is 3.46. The Morgan fingerprint density at radius 2 is 2.58 bits per heavy atom. The summed E-state index contributed by atoms with van der Waals surface area (Å²) >= 11 is 0. The number of hydrogen-bond acceptors (Lipinski definition) is 4. The number of amides is 1. The van der Waals surface area contributed by atoms with E-state index in [0.717, 1.165) is 45.6 Å². The topological polar surface area (TPSA) is 70.2 Å². The van der Waals surface area contributed by atoms with Gasteiger partial charge in [0.2, 0.25) is 0 Å². The molecule has 6 nitrogen and oxygen atoms in total. The summed E-state index contributed by atoms with van der Waals surface area (Å²) in [6.07, 6.45) is 5.46. The fourth-order valence-corrected chi connectivity index (χ4v) is 2.43. The molecular weight excluding hydrogens is 244 g/mol. The number of nitrogens with zero attached hydrogens (tertiary/aromatic N) is 2. The van der Waals surface area contributed by atoms with E-state index in [4.69, 9.17) is 4.74 Å². The second kappa shape index (κ2) is 7.25. The molecule has 1 aliphatic rings. The van der Waals surface area contributed by atoms with E-state index in [9.17, 15) is 4.79 Å². The van der Waals surface area contributed by atoms with Gasteiger partial charge in [-0.3, -0.25) is 4.79 Å². The molecule has 106 valence electrons. The Hall–Kier alpha value is -1.40. The van der Waals surface area contributed by atoms with Gasteiger partial charge in [-0.15, -0.1) is 0 Å². The lowest BCUT2D eigenvalue weighted by Crippen LogP contribution is -2.31. The molecule has 0 aliphatic carbocycles. The Labute approximate surface area is 113 Å². The number of ether oxygens (including phenoxy) is 1. The molecule has 2 N–H and O–H groups in total. The number of imidazole rings is 1. The number of aromatic nitrogens is 2. The second-order valence-electron chi connectivity index (χ2n) is 4.95. The van der Waals surface area contributed by atoms with E-state index in [1.165, 1.54) is 0 Å². The van der Waals surface area contributed by atoms with E-state index in [1.54, 1.807) is 19.5 Å². The van der Waals surface area contributed by atoms with Crippen LogP contribution in [-0.4, -0.2) is 60.7 Å². The highest BCUT2D eigenvalue weighted by Crippen LogP contribution is 2.15. The normalized spacial score (nSPS) is 19.7. The van der Waals surface area contributed by atoms with Crippen molar-refractivity contribution in [2.75, 3.05) is 39.9 Å². The minimum absolute atomic E-state index is 0.122. The highest BCUT2D eigenvalue weighted by Gasteiger charge is 2.22. The third-order valence-electron chi connectivity index (χ3n) is 3.46. The average molecular weight is 266 g/mol. The van der Waals surface area contributed by atoms with Gasteiger partial charge in [0.25, 0.3) is 5.91 Å². The molecule has 1 aromatic heterocycles. The van der Waals surface area contributed by atoms with Crippen LogP contribution in [0.3, 0.4) is 0 Å². The van der Waals surface area contributed by atoms with Crippen LogP contribution in [0.5, 0.6) is 0 Å². The van der Waals surface area contributed by atoms with Crippen LogP contribution in [0.25, 0.3) is 0 Å². The largest absolute Gasteiger partial charge is 0.385 e. The number of carbonyl (C=O) groups excluding carboxylic acids is 1. The van der Waals surface area contributed by atoms with Gasteiger partial charge in [-0.2, -0.15) is 0 Å². The SMILES string of the molecule is COCCCN1CCC(CNC(=O)c2ncc[nH]2)C1. The molecule has 2 rings (SSSR count). The summed E-state index contributed by atoms with van der Waals surface area (Å²) < 4.78 is 5.05. The van der Waals surface area contributed by atoms with Crippen LogP contribution in [0.1, 0.15) is 23.5 Å². The van der Waals surface area contributed by atoms with Gasteiger partial charge < -0.3 is 19.9 Å². The average Bonchev–Trinajstić information content (AvgIpc) is 3.08. The Morgan fingerprint density at radius 1 is 1.68 bits per heavy atom. The van der Waals surface area contributed by atoms with Crippen molar-refractivity contribution in [3.63, 3.8) is 0 Å². The van der Waals surface area contributed by atoms with Crippen molar-refractivity contribution in [2.24, 2.45) is 5.92 Å². The van der Waals surface area contributed by atoms with E-state index < -0.39 is 0 Å². The van der Waals surface area contributed by atoms with Crippen LogP contribution < -0.4 is 5.32 Å². The maximum atomic E-state index is 11.7. The Kier molecular flexibility index (Phi) is 5.35. The lowest BCUT2D eigenvalue weighted by Gasteiger charge is -2.15. The predicted octanol–water partition coefficient (Wildman–Crippen LogP) is 0.498. The zero-order chi connectivity index (χ0) is 13.5. The Morgan fingerprint density at radius 3 is 3.32 bits per heavy atom. The Balaban J connectivity index is 1.64. The molecule has 0 saturated carbocycles. The summed E-state index contributed by atoms with van der Waals surface area (Å²) in [6.45, 7) is 4.79. The van der Waals surface area contributed by atoms with E-state index >= 15 is 0 Å². The summed E-state index contributed by atoms with van der Waals surface area (Å²) in [6, 6.07) is 0. The molecule has 1 atom stereocenters. The molecule has 0 bridgehead atoms. The maximum absolute atomic E-state index is 11.7. The number of carbonyl (C=O) groups is 1. The first kappa shape index (κ1) is 14.0. The molecule has 1 fully saturated rings. The lowest BCUT2D eigenvalue weighted by atomic mass is 10.1. The third kappa shape index (κ3) is 4.33. The van der Waals surface area contributed by atoms with Gasteiger partial charge in [0.1, 0.15) is 0 Å². The fourth-order valence-electron chi connectivity index (χ4n) is 2.43. The molecule has 0 spiro atoms. The van der Waals surface area contributed by atoms with Crippen molar-refractivity contribution in [2.45, 2.75) is 12.8 Å². The quantitative estimate of drug-likeness (QED) is 0.705. The minimum Gasteiger partial charge on any atom is -0.385 e. The zero-order valence-electron chi connectivity index (χ0n) is 11.4. The number of H-pyrrole nitrogens is 1. The fraction of sp³-hybridized carbons (Fsp3) is 0.692. The van der Waals surface area contributed by atoms with Gasteiger partial charge >= 0.3 is 0 Å². The first-order chi connectivity index (χ1) is 9.29. The van der Waals surface area contributed by atoms with Crippen molar-refractivity contribution in [3.05, 3.63) is 18.2 Å². The molecule has 1 aliphatic heterocycles. The van der Waals surface area contributed by atoms with E-state index in [-0.39, 0.29) is 5.91 Å². The molecule has 1 aromatic rings. The molecule has 1 saturated heterocycles. The minimum atomic E-state index is -0.122. The van der Waals surface area contributed by atoms with Crippen LogP contribution in [0.2, 0.25) is 0 Å². The molecule has 1 amide bonds. The van der Waals surface area contributed by atoms with Gasteiger partial charge in [0, 0.05) is 45.7 Å². The van der Waals surface area contributed by atoms with Gasteiger partial charge in [-0.1, -0.05) is 0 Å². The molecular formula is C13H22N4O2. The van der Waals surface area contributed by atoms with Crippen molar-refractivity contribution in [1.82, 2.24) is 20.2 Å². The highest BCUT2D eigenvalue weighted by atomic mass is 16.5. The van der Waals surface area contributed by atoms with E-state index in [1.807, 2.05) is 0 Å². The van der Waals surface area contributed by atoms with Gasteiger partial charge in [0.05, 0.1) is 0 Å². The van der Waals surface area contributed by atoms with Crippen molar-refractivity contribution in [1.29, 1.82) is 0 Å². The van der Waals surface area contributed by atoms with Crippen LogP contribution in [-0.2, 0) is 4.74 Å². The van der Waals surface area contributed by atoms with E-state index in [2.05, 4.69) is 20.2 Å². The zero-order valence-corrected chi connectivity index (χ0v) is 11.4. The summed E-state index contributed by atoms with van der Waals surface area (Å²) in [4.78, 5) is 20.9. The number of hydrogen-bond donors (Lipinski definition) is 2. The maximum Gasteiger partial charge on any atom is 0.287 e. The van der Waals surface area contributed by atoms with Crippen LogP contribution >= 0.6 is 0 Å². The van der Waals surface area contributed by atoms with Gasteiger partial charge in [-0.25, -0.2) is 4.98 Å². The molecule has 6 heteroatoms. The first-order valence-electron chi connectivity index (χ1n) is 6.78. The van der Waals surface area contributed by atoms with Crippen molar-refractivity contribution in [3.8, 4) is 0 Å². The summed E-state index contributed by atoms with van der Waals surface area (Å²) in [5, 5.41) is 2.93. The summed E-state index contributed by atoms with van der Waals surface area (Å²) in [5.74, 6) is 0.805. The number of methoxy groups -OCH3 is 1. The number of nitrogens with one attached hydrogen (secondary N) is 2. The molecule has 1 unspecified atom stereocenters. The first-order valence-corrected chi connectivity index (χ1v) is 6.78. The van der Waals surface area contributed by atoms with Gasteiger partial charge in [-0.05, 0) is 25.3 Å². The molecule has 2 heterocycles. The van der Waals surface area contributed by atoms with Crippen molar-refractivity contribution < 1.29 is 9.53 Å².